The first-order chi connectivity index (χ1) is 17.2. The van der Waals surface area contributed by atoms with Gasteiger partial charge >= 0.3 is 6.09 Å². The fourth-order valence-electron chi connectivity index (χ4n) is 3.56. The van der Waals surface area contributed by atoms with E-state index in [-0.39, 0.29) is 5.91 Å². The van der Waals surface area contributed by atoms with E-state index >= 15 is 0 Å². The Balaban J connectivity index is 1.57. The molecule has 7 heteroatoms. The lowest BCUT2D eigenvalue weighted by Crippen LogP contribution is -2.27. The van der Waals surface area contributed by atoms with Crippen LogP contribution in [0.3, 0.4) is 0 Å². The van der Waals surface area contributed by atoms with Crippen LogP contribution in [0, 0.1) is 6.92 Å². The lowest BCUT2D eigenvalue weighted by atomic mass is 10.0. The van der Waals surface area contributed by atoms with Crippen LogP contribution in [0.25, 0.3) is 11.1 Å². The number of rotatable bonds is 10. The van der Waals surface area contributed by atoms with Gasteiger partial charge in [0.25, 0.3) is 0 Å². The van der Waals surface area contributed by atoms with E-state index in [1.165, 1.54) is 0 Å². The summed E-state index contributed by atoms with van der Waals surface area (Å²) in [5, 5.41) is 5.72. The molecular formula is C29H35N3O4. The molecule has 0 atom stereocenters. The van der Waals surface area contributed by atoms with Crippen molar-refractivity contribution in [2.45, 2.75) is 59.0 Å². The van der Waals surface area contributed by atoms with Crippen molar-refractivity contribution in [3.8, 4) is 16.9 Å². The van der Waals surface area contributed by atoms with Crippen LogP contribution in [0.5, 0.6) is 5.75 Å². The molecule has 1 heterocycles. The van der Waals surface area contributed by atoms with Gasteiger partial charge in [0.05, 0.1) is 18.0 Å². The molecule has 0 bridgehead atoms. The van der Waals surface area contributed by atoms with E-state index < -0.39 is 11.7 Å². The molecule has 0 aliphatic heterocycles. The number of nitrogens with one attached hydrogen (secondary N) is 2. The van der Waals surface area contributed by atoms with Crippen molar-refractivity contribution in [3.05, 3.63) is 72.6 Å². The maximum absolute atomic E-state index is 12.7. The maximum atomic E-state index is 12.7. The molecule has 0 fully saturated rings. The van der Waals surface area contributed by atoms with Crippen molar-refractivity contribution in [1.29, 1.82) is 0 Å². The van der Waals surface area contributed by atoms with Crippen LogP contribution in [0.2, 0.25) is 0 Å². The van der Waals surface area contributed by atoms with Gasteiger partial charge in [-0.15, -0.1) is 0 Å². The number of benzene rings is 2. The van der Waals surface area contributed by atoms with Gasteiger partial charge in [-0.05, 0) is 76.3 Å². The Kier molecular flexibility index (Phi) is 9.45. The fraction of sp³-hybridized carbons (Fsp3) is 0.345. The van der Waals surface area contributed by atoms with Gasteiger partial charge in [-0.25, -0.2) is 4.79 Å². The Morgan fingerprint density at radius 2 is 1.64 bits per heavy atom. The summed E-state index contributed by atoms with van der Waals surface area (Å²) in [6.45, 7) is 7.92. The average molecular weight is 490 g/mol. The number of amides is 2. The van der Waals surface area contributed by atoms with Gasteiger partial charge in [0.2, 0.25) is 5.91 Å². The number of aryl methyl sites for hydroxylation is 1. The minimum absolute atomic E-state index is 0.113. The number of nitrogens with zero attached hydrogens (tertiary/aromatic N) is 1. The van der Waals surface area contributed by atoms with Crippen molar-refractivity contribution in [2.24, 2.45) is 0 Å². The topological polar surface area (TPSA) is 89.6 Å². The van der Waals surface area contributed by atoms with Crippen molar-refractivity contribution in [1.82, 2.24) is 4.98 Å². The van der Waals surface area contributed by atoms with Crippen molar-refractivity contribution in [2.75, 3.05) is 17.2 Å². The fourth-order valence-corrected chi connectivity index (χ4v) is 3.56. The van der Waals surface area contributed by atoms with Crippen LogP contribution in [-0.2, 0) is 9.53 Å². The monoisotopic (exact) mass is 489 g/mol. The summed E-state index contributed by atoms with van der Waals surface area (Å²) in [4.78, 5) is 29.2. The van der Waals surface area contributed by atoms with Crippen molar-refractivity contribution in [3.63, 3.8) is 0 Å². The number of anilines is 2. The molecule has 1 aromatic heterocycles. The molecule has 0 saturated carbocycles. The summed E-state index contributed by atoms with van der Waals surface area (Å²) in [6, 6.07) is 19.2. The second-order valence-corrected chi connectivity index (χ2v) is 9.59. The van der Waals surface area contributed by atoms with Gasteiger partial charge < -0.3 is 14.8 Å². The normalized spacial score (nSPS) is 11.0. The first-order valence-electron chi connectivity index (χ1n) is 12.2. The Morgan fingerprint density at radius 3 is 2.36 bits per heavy atom. The third kappa shape index (κ3) is 9.06. The zero-order valence-electron chi connectivity index (χ0n) is 21.5. The summed E-state index contributed by atoms with van der Waals surface area (Å²) in [6.07, 6.45) is 3.98. The molecule has 0 unspecified atom stereocenters. The van der Waals surface area contributed by atoms with Gasteiger partial charge in [0.1, 0.15) is 11.4 Å². The largest absolute Gasteiger partial charge is 0.493 e. The molecule has 0 radical (unpaired) electrons. The molecule has 3 aromatic rings. The summed E-state index contributed by atoms with van der Waals surface area (Å²) in [7, 11) is 0. The summed E-state index contributed by atoms with van der Waals surface area (Å²) >= 11 is 0. The van der Waals surface area contributed by atoms with Gasteiger partial charge in [-0.2, -0.15) is 0 Å². The molecule has 2 N–H and O–H groups in total. The molecule has 3 rings (SSSR count). The van der Waals surface area contributed by atoms with Crippen LogP contribution in [-0.4, -0.2) is 29.2 Å². The first-order valence-corrected chi connectivity index (χ1v) is 12.2. The van der Waals surface area contributed by atoms with E-state index in [4.69, 9.17) is 9.47 Å². The molecular weight excluding hydrogens is 454 g/mol. The molecule has 36 heavy (non-hydrogen) atoms. The quantitative estimate of drug-likeness (QED) is 0.300. The van der Waals surface area contributed by atoms with E-state index in [9.17, 15) is 9.59 Å². The first kappa shape index (κ1) is 26.7. The number of hydrogen-bond donors (Lipinski definition) is 2. The maximum Gasteiger partial charge on any atom is 0.412 e. The minimum atomic E-state index is -0.628. The average Bonchev–Trinajstić information content (AvgIpc) is 2.82. The highest BCUT2D eigenvalue weighted by Crippen LogP contribution is 2.30. The van der Waals surface area contributed by atoms with Gasteiger partial charge in [-0.3, -0.25) is 15.1 Å². The highest BCUT2D eigenvalue weighted by atomic mass is 16.6. The van der Waals surface area contributed by atoms with Gasteiger partial charge in [-0.1, -0.05) is 36.4 Å². The Bertz CT molecular complexity index is 1160. The van der Waals surface area contributed by atoms with E-state index in [2.05, 4.69) is 15.6 Å². The number of aromatic nitrogens is 1. The number of unbranched alkanes of at least 4 members (excludes halogenated alkanes) is 2. The zero-order chi connectivity index (χ0) is 26.0. The second-order valence-electron chi connectivity index (χ2n) is 9.59. The van der Waals surface area contributed by atoms with Gasteiger partial charge in [0, 0.05) is 24.4 Å². The Morgan fingerprint density at radius 1 is 0.861 bits per heavy atom. The molecule has 0 aliphatic rings. The predicted octanol–water partition coefficient (Wildman–Crippen LogP) is 6.98. The van der Waals surface area contributed by atoms with Crippen LogP contribution >= 0.6 is 0 Å². The minimum Gasteiger partial charge on any atom is -0.493 e. The van der Waals surface area contributed by atoms with E-state index in [0.29, 0.717) is 24.4 Å². The van der Waals surface area contributed by atoms with Crippen LogP contribution in [0.1, 0.15) is 52.1 Å². The number of hydrogen-bond acceptors (Lipinski definition) is 5. The second kappa shape index (κ2) is 12.7. The number of carbonyl (C=O) groups is 2. The molecule has 2 aromatic carbocycles. The Labute approximate surface area is 213 Å². The third-order valence-corrected chi connectivity index (χ3v) is 5.22. The summed E-state index contributed by atoms with van der Waals surface area (Å²) in [5.74, 6) is 0.696. The van der Waals surface area contributed by atoms with Crippen molar-refractivity contribution >= 4 is 23.4 Å². The van der Waals surface area contributed by atoms with Crippen LogP contribution in [0.15, 0.2) is 66.9 Å². The lowest BCUT2D eigenvalue weighted by molar-refractivity contribution is -0.116. The molecule has 7 nitrogen and oxygen atoms in total. The molecule has 0 spiro atoms. The number of carbonyl (C=O) groups excluding carboxylic acids is 2. The van der Waals surface area contributed by atoms with Crippen molar-refractivity contribution < 1.29 is 19.1 Å². The molecule has 2 amide bonds. The standard InChI is InChI=1S/C29H35N3O4/c1-21-19-24(16-17-30-21)35-18-10-6-9-13-27(33)31-26-20-23(22-11-7-5-8-12-22)14-15-25(26)32-28(34)36-29(2,3)4/h5,7-8,11-12,14-17,19-20H,6,9-10,13,18H2,1-4H3,(H,31,33)(H,32,34). The molecule has 0 saturated heterocycles. The number of ether oxygens (including phenoxy) is 2. The lowest BCUT2D eigenvalue weighted by Gasteiger charge is -2.21. The zero-order valence-corrected chi connectivity index (χ0v) is 21.5. The highest BCUT2D eigenvalue weighted by molar-refractivity contribution is 5.99. The molecule has 190 valence electrons. The van der Waals surface area contributed by atoms with E-state index in [1.807, 2.05) is 61.5 Å². The van der Waals surface area contributed by atoms with Crippen LogP contribution in [0.4, 0.5) is 16.2 Å². The predicted molar refractivity (Wildman–Crippen MR) is 143 cm³/mol. The third-order valence-electron chi connectivity index (χ3n) is 5.22. The van der Waals surface area contributed by atoms with Crippen LogP contribution < -0.4 is 15.4 Å². The van der Waals surface area contributed by atoms with Gasteiger partial charge in [0.15, 0.2) is 0 Å². The van der Waals surface area contributed by atoms with E-state index in [0.717, 1.165) is 41.8 Å². The SMILES string of the molecule is Cc1cc(OCCCCCC(=O)Nc2cc(-c3ccccc3)ccc2NC(=O)OC(C)(C)C)ccn1. The highest BCUT2D eigenvalue weighted by Gasteiger charge is 2.18. The number of pyridine rings is 1. The molecule has 0 aliphatic carbocycles. The smallest absolute Gasteiger partial charge is 0.412 e. The Hall–Kier alpha value is -3.87. The summed E-state index contributed by atoms with van der Waals surface area (Å²) in [5.41, 5.74) is 3.26. The summed E-state index contributed by atoms with van der Waals surface area (Å²) < 4.78 is 11.1. The van der Waals surface area contributed by atoms with E-state index in [1.54, 1.807) is 33.0 Å².